The molecule has 6 aliphatic rings. The number of urea groups is 1. The number of hydrogen-bond acceptors (Lipinski definition) is 6. The van der Waals surface area contributed by atoms with Gasteiger partial charge in [0.15, 0.2) is 0 Å². The van der Waals surface area contributed by atoms with Crippen molar-refractivity contribution in [3.63, 3.8) is 0 Å². The summed E-state index contributed by atoms with van der Waals surface area (Å²) in [5, 5.41) is 5.95. The van der Waals surface area contributed by atoms with Crippen LogP contribution in [0.1, 0.15) is 79.8 Å². The molecule has 1 aromatic rings. The highest BCUT2D eigenvalue weighted by Crippen LogP contribution is 2.40. The Kier molecular flexibility index (Phi) is 7.52. The molecular formula is C31H43N5O5. The van der Waals surface area contributed by atoms with Gasteiger partial charge in [-0.15, -0.1) is 0 Å². The number of carbonyl (C=O) groups excluding carboxylic acids is 3. The fourth-order valence-electron chi connectivity index (χ4n) is 7.71. The zero-order valence-electron chi connectivity index (χ0n) is 23.9. The smallest absolute Gasteiger partial charge is 0.315 e. The number of pyridine rings is 1. The van der Waals surface area contributed by atoms with Crippen molar-refractivity contribution in [1.82, 2.24) is 25.4 Å². The fourth-order valence-corrected chi connectivity index (χ4v) is 7.71. The highest BCUT2D eigenvalue weighted by Gasteiger charge is 2.44. The molecule has 5 heterocycles. The van der Waals surface area contributed by atoms with Crippen molar-refractivity contribution in [3.8, 4) is 5.88 Å². The predicted octanol–water partition coefficient (Wildman–Crippen LogP) is 2.93. The zero-order chi connectivity index (χ0) is 27.9. The van der Waals surface area contributed by atoms with Crippen molar-refractivity contribution < 1.29 is 23.9 Å². The molecule has 4 aliphatic heterocycles. The lowest BCUT2D eigenvalue weighted by Gasteiger charge is -2.32. The summed E-state index contributed by atoms with van der Waals surface area (Å²) in [5.41, 5.74) is 1.68. The van der Waals surface area contributed by atoms with E-state index in [4.69, 9.17) is 14.5 Å². The first-order valence-electron chi connectivity index (χ1n) is 15.9. The van der Waals surface area contributed by atoms with E-state index in [-0.39, 0.29) is 35.8 Å². The summed E-state index contributed by atoms with van der Waals surface area (Å²) < 4.78 is 11.6. The minimum absolute atomic E-state index is 0.00733. The van der Waals surface area contributed by atoms with Crippen LogP contribution in [0.4, 0.5) is 4.79 Å². The Hall–Kier alpha value is -2.88. The van der Waals surface area contributed by atoms with Crippen LogP contribution in [0.5, 0.6) is 5.88 Å². The number of rotatable bonds is 6. The SMILES string of the molecule is O=C1NC2CCC(C(=O)N3C[C@H]4CCN(C(=O)c5cc(OCC6CCOCC6)nc(C6CC6)c5)CC[C@H]4C3)CC2N1. The third kappa shape index (κ3) is 5.90. The van der Waals surface area contributed by atoms with Crippen molar-refractivity contribution in [3.05, 3.63) is 23.4 Å². The van der Waals surface area contributed by atoms with Crippen molar-refractivity contribution in [2.24, 2.45) is 23.7 Å². The largest absolute Gasteiger partial charge is 0.477 e. The molecule has 10 nitrogen and oxygen atoms in total. The first kappa shape index (κ1) is 27.0. The maximum atomic E-state index is 13.7. The van der Waals surface area contributed by atoms with Crippen LogP contribution in [0.3, 0.4) is 0 Å². The summed E-state index contributed by atoms with van der Waals surface area (Å²) in [5.74, 6) is 2.67. The van der Waals surface area contributed by atoms with Gasteiger partial charge in [-0.2, -0.15) is 0 Å². The van der Waals surface area contributed by atoms with Crippen LogP contribution in [-0.4, -0.2) is 90.7 Å². The van der Waals surface area contributed by atoms with E-state index in [2.05, 4.69) is 15.5 Å². The highest BCUT2D eigenvalue weighted by atomic mass is 16.5. The van der Waals surface area contributed by atoms with Crippen LogP contribution in [0.15, 0.2) is 12.1 Å². The Morgan fingerprint density at radius 2 is 1.63 bits per heavy atom. The Bertz CT molecular complexity index is 1150. The van der Waals surface area contributed by atoms with E-state index >= 15 is 0 Å². The van der Waals surface area contributed by atoms with Crippen LogP contribution in [0.25, 0.3) is 0 Å². The molecular weight excluding hydrogens is 522 g/mol. The molecule has 0 bridgehead atoms. The van der Waals surface area contributed by atoms with E-state index in [1.54, 1.807) is 0 Å². The Labute approximate surface area is 241 Å². The highest BCUT2D eigenvalue weighted by molar-refractivity contribution is 5.94. The summed E-state index contributed by atoms with van der Waals surface area (Å²) in [4.78, 5) is 47.8. The molecule has 6 fully saturated rings. The van der Waals surface area contributed by atoms with E-state index < -0.39 is 0 Å². The second-order valence-corrected chi connectivity index (χ2v) is 13.2. The van der Waals surface area contributed by atoms with Gasteiger partial charge in [-0.05, 0) is 81.6 Å². The van der Waals surface area contributed by atoms with Gasteiger partial charge in [0, 0.05) is 68.6 Å². The summed E-state index contributed by atoms with van der Waals surface area (Å²) in [7, 11) is 0. The number of aromatic nitrogens is 1. The fraction of sp³-hybridized carbons (Fsp3) is 0.742. The minimum Gasteiger partial charge on any atom is -0.477 e. The third-order valence-electron chi connectivity index (χ3n) is 10.4. The van der Waals surface area contributed by atoms with E-state index in [1.165, 1.54) is 0 Å². The minimum atomic E-state index is -0.107. The standard InChI is InChI=1S/C31H43N5O5/c37-29(21-3-4-25-27(13-21)34-31(39)33-25)36-16-22-5-9-35(10-6-23(22)17-36)30(38)24-14-26(20-1-2-20)32-28(15-24)41-18-19-7-11-40-12-8-19/h14-15,19-23,25,27H,1-13,16-18H2,(H2,33,34,39)/t21?,22-,23+,25?,27?. The van der Waals surface area contributed by atoms with Gasteiger partial charge in [-0.3, -0.25) is 9.59 Å². The van der Waals surface area contributed by atoms with Gasteiger partial charge in [0.2, 0.25) is 11.8 Å². The second kappa shape index (κ2) is 11.4. The van der Waals surface area contributed by atoms with E-state index in [0.717, 1.165) is 89.8 Å². The van der Waals surface area contributed by atoms with Crippen LogP contribution in [-0.2, 0) is 9.53 Å². The zero-order valence-corrected chi connectivity index (χ0v) is 23.9. The van der Waals surface area contributed by atoms with Crippen LogP contribution in [0, 0.1) is 23.7 Å². The van der Waals surface area contributed by atoms with E-state index in [0.29, 0.717) is 54.8 Å². The molecule has 0 spiro atoms. The quantitative estimate of drug-likeness (QED) is 0.549. The van der Waals surface area contributed by atoms with Crippen LogP contribution < -0.4 is 15.4 Å². The van der Waals surface area contributed by atoms with Crippen LogP contribution >= 0.6 is 0 Å². The lowest BCUT2D eigenvalue weighted by Crippen LogP contribution is -2.45. The first-order chi connectivity index (χ1) is 20.0. The number of fused-ring (bicyclic) bond motifs is 2. The van der Waals surface area contributed by atoms with Crippen molar-refractivity contribution in [2.75, 3.05) is 46.0 Å². The van der Waals surface area contributed by atoms with Gasteiger partial charge in [-0.25, -0.2) is 9.78 Å². The summed E-state index contributed by atoms with van der Waals surface area (Å²) in [6, 6.07) is 3.96. The lowest BCUT2D eigenvalue weighted by molar-refractivity contribution is -0.136. The number of nitrogens with one attached hydrogen (secondary N) is 2. The molecule has 222 valence electrons. The summed E-state index contributed by atoms with van der Waals surface area (Å²) >= 11 is 0. The lowest BCUT2D eigenvalue weighted by atomic mass is 9.82. The van der Waals surface area contributed by atoms with Gasteiger partial charge in [0.1, 0.15) is 0 Å². The molecule has 3 unspecified atom stereocenters. The Morgan fingerprint density at radius 3 is 2.37 bits per heavy atom. The molecule has 2 aliphatic carbocycles. The number of ether oxygens (including phenoxy) is 2. The predicted molar refractivity (Wildman–Crippen MR) is 151 cm³/mol. The molecule has 7 rings (SSSR count). The number of amides is 4. The van der Waals surface area contributed by atoms with Gasteiger partial charge >= 0.3 is 6.03 Å². The van der Waals surface area contributed by atoms with Crippen LogP contribution in [0.2, 0.25) is 0 Å². The second-order valence-electron chi connectivity index (χ2n) is 13.2. The molecule has 2 N–H and O–H groups in total. The summed E-state index contributed by atoms with van der Waals surface area (Å²) in [6.07, 6.45) is 8.52. The topological polar surface area (TPSA) is 113 Å². The average molecular weight is 566 g/mol. The molecule has 4 amide bonds. The molecule has 5 atom stereocenters. The van der Waals surface area contributed by atoms with Gasteiger partial charge in [0.05, 0.1) is 18.7 Å². The maximum absolute atomic E-state index is 13.7. The summed E-state index contributed by atoms with van der Waals surface area (Å²) in [6.45, 7) is 5.19. The molecule has 0 aromatic carbocycles. The molecule has 41 heavy (non-hydrogen) atoms. The molecule has 2 saturated carbocycles. The average Bonchev–Trinajstić information content (AvgIpc) is 3.71. The number of likely N-dealkylation sites (tertiary alicyclic amines) is 2. The van der Waals surface area contributed by atoms with Gasteiger partial charge < -0.3 is 29.9 Å². The van der Waals surface area contributed by atoms with Crippen molar-refractivity contribution >= 4 is 17.8 Å². The third-order valence-corrected chi connectivity index (χ3v) is 10.4. The van der Waals surface area contributed by atoms with Crippen molar-refractivity contribution in [1.29, 1.82) is 0 Å². The van der Waals surface area contributed by atoms with Crippen molar-refractivity contribution in [2.45, 2.75) is 75.8 Å². The van der Waals surface area contributed by atoms with Gasteiger partial charge in [0.25, 0.3) is 5.91 Å². The number of carbonyl (C=O) groups is 3. The molecule has 0 radical (unpaired) electrons. The number of nitrogens with zero attached hydrogens (tertiary/aromatic N) is 3. The molecule has 1 aromatic heterocycles. The molecule has 4 saturated heterocycles. The monoisotopic (exact) mass is 565 g/mol. The Morgan fingerprint density at radius 1 is 0.902 bits per heavy atom. The first-order valence-corrected chi connectivity index (χ1v) is 15.9. The van der Waals surface area contributed by atoms with E-state index in [9.17, 15) is 14.4 Å². The number of hydrogen-bond donors (Lipinski definition) is 2. The molecule has 10 heteroatoms. The van der Waals surface area contributed by atoms with E-state index in [1.807, 2.05) is 17.0 Å². The normalized spacial score (nSPS) is 32.0. The van der Waals surface area contributed by atoms with Gasteiger partial charge in [-0.1, -0.05) is 0 Å². The Balaban J connectivity index is 0.955. The maximum Gasteiger partial charge on any atom is 0.315 e.